The Morgan fingerprint density at radius 2 is 1.19 bits per heavy atom. The number of benzene rings is 2. The van der Waals surface area contributed by atoms with Gasteiger partial charge in [0.05, 0.1) is 17.8 Å². The number of rotatable bonds is 10. The van der Waals surface area contributed by atoms with Crippen LogP contribution in [0.4, 0.5) is 0 Å². The molecular weight excluding hydrogens is 860 g/mol. The van der Waals surface area contributed by atoms with Crippen LogP contribution in [0.2, 0.25) is 10.0 Å². The number of hydrogen-bond donors (Lipinski definition) is 2. The minimum atomic E-state index is -0.579. The van der Waals surface area contributed by atoms with Gasteiger partial charge >= 0.3 is 0 Å². The molecule has 2 amide bonds. The van der Waals surface area contributed by atoms with E-state index in [4.69, 9.17) is 33.2 Å². The Labute approximate surface area is 379 Å². The number of aryl methyl sites for hydroxylation is 4. The van der Waals surface area contributed by atoms with Gasteiger partial charge in [-0.3, -0.25) is 28.7 Å². The predicted octanol–water partition coefficient (Wildman–Crippen LogP) is 9.68. The summed E-state index contributed by atoms with van der Waals surface area (Å²) >= 11 is 16.0. The Morgan fingerprint density at radius 1 is 0.694 bits per heavy atom. The number of carbonyl (C=O) groups excluding carboxylic acids is 2. The normalized spacial score (nSPS) is 16.0. The van der Waals surface area contributed by atoms with Gasteiger partial charge in [-0.25, -0.2) is 0 Å². The molecule has 2 N–H and O–H groups in total. The van der Waals surface area contributed by atoms with Gasteiger partial charge in [-0.2, -0.15) is 0 Å². The Morgan fingerprint density at radius 3 is 1.74 bits per heavy atom. The molecule has 0 bridgehead atoms. The van der Waals surface area contributed by atoms with Crippen molar-refractivity contribution in [3.05, 3.63) is 125 Å². The highest BCUT2D eigenvalue weighted by atomic mass is 35.5. The van der Waals surface area contributed by atoms with E-state index in [2.05, 4.69) is 74.8 Å². The standard InChI is InChI=1S/C46H50Cl2N10O2S2/c1-23-25(3)61-42-36(23)38(28-11-15-30(47)16-12-28)50-32(40-55-53-26(4)57(40)42)21-35(59)52-46(9,10)20-19-34-24(2)37-39(29-13-17-31(48)18-14-29)51-33(22-49-44(60)45(6,7)8)41-56-54-27(5)58(41)43(37)62-34/h11-18,32-33H,19-22H2,1-10H3,(H,49,60)(H,52,59)/t32-,33-/m1/s1. The second-order valence-electron chi connectivity index (χ2n) is 17.8. The highest BCUT2D eigenvalue weighted by Crippen LogP contribution is 2.42. The first-order chi connectivity index (χ1) is 29.3. The monoisotopic (exact) mass is 908 g/mol. The molecule has 2 atom stereocenters. The molecule has 0 radical (unpaired) electrons. The topological polar surface area (TPSA) is 144 Å². The van der Waals surface area contributed by atoms with Crippen LogP contribution in [-0.4, -0.2) is 64.9 Å². The molecule has 8 rings (SSSR count). The number of amides is 2. The SMILES string of the molecule is Cc1sc2c(c1C)C(c1ccc(Cl)cc1)=N[C@H](CC(=O)NC(C)(C)CCc1sc3c(c1C)C(c1ccc(Cl)cc1)=N[C@H](CNC(=O)C(C)(C)C)c1nnc(C)n1-3)c1nnc(C)n1-2. The Hall–Kier alpha value is -5.02. The van der Waals surface area contributed by atoms with Crippen LogP contribution in [0.1, 0.15) is 126 Å². The van der Waals surface area contributed by atoms with E-state index in [1.54, 1.807) is 22.7 Å². The van der Waals surface area contributed by atoms with Crippen molar-refractivity contribution in [2.75, 3.05) is 6.54 Å². The molecule has 322 valence electrons. The summed E-state index contributed by atoms with van der Waals surface area (Å²) in [6.07, 6.45) is 1.45. The van der Waals surface area contributed by atoms with Gasteiger partial charge < -0.3 is 10.6 Å². The van der Waals surface area contributed by atoms with E-state index in [1.165, 1.54) is 9.75 Å². The molecule has 0 fully saturated rings. The molecule has 6 aromatic rings. The van der Waals surface area contributed by atoms with Gasteiger partial charge in [0.15, 0.2) is 11.6 Å². The average Bonchev–Trinajstić information content (AvgIpc) is 3.91. The van der Waals surface area contributed by atoms with Crippen molar-refractivity contribution >= 4 is 69.1 Å². The highest BCUT2D eigenvalue weighted by Gasteiger charge is 2.36. The lowest BCUT2D eigenvalue weighted by Gasteiger charge is -2.27. The molecule has 16 heteroatoms. The lowest BCUT2D eigenvalue weighted by molar-refractivity contribution is -0.128. The van der Waals surface area contributed by atoms with Crippen LogP contribution in [0, 0.1) is 40.0 Å². The smallest absolute Gasteiger partial charge is 0.225 e. The summed E-state index contributed by atoms with van der Waals surface area (Å²) in [5.41, 5.74) is 6.54. The molecule has 0 unspecified atom stereocenters. The van der Waals surface area contributed by atoms with Crippen LogP contribution in [0.15, 0.2) is 58.5 Å². The molecule has 0 aliphatic carbocycles. The first kappa shape index (κ1) is 43.6. The van der Waals surface area contributed by atoms with Crippen LogP contribution < -0.4 is 10.6 Å². The summed E-state index contributed by atoms with van der Waals surface area (Å²) in [5, 5.41) is 27.9. The number of nitrogens with one attached hydrogen (secondary N) is 2. The fourth-order valence-electron chi connectivity index (χ4n) is 7.99. The third kappa shape index (κ3) is 8.29. The zero-order valence-electron chi connectivity index (χ0n) is 36.6. The fraction of sp³-hybridized carbons (Fsp3) is 0.391. The molecule has 62 heavy (non-hydrogen) atoms. The van der Waals surface area contributed by atoms with Crippen molar-refractivity contribution in [3.8, 4) is 10.0 Å². The van der Waals surface area contributed by atoms with Gasteiger partial charge in [-0.05, 0) is 96.7 Å². The summed E-state index contributed by atoms with van der Waals surface area (Å²) in [7, 11) is 0. The fourth-order valence-corrected chi connectivity index (χ4v) is 10.8. The molecule has 4 aromatic heterocycles. The molecule has 2 aliphatic rings. The third-order valence-electron chi connectivity index (χ3n) is 11.5. The molecule has 2 aliphatic heterocycles. The van der Waals surface area contributed by atoms with Crippen LogP contribution in [-0.2, 0) is 16.0 Å². The van der Waals surface area contributed by atoms with Crippen LogP contribution in [0.3, 0.4) is 0 Å². The molecule has 12 nitrogen and oxygen atoms in total. The van der Waals surface area contributed by atoms with Crippen LogP contribution in [0.5, 0.6) is 0 Å². The number of thiophene rings is 2. The number of carbonyl (C=O) groups is 2. The first-order valence-electron chi connectivity index (χ1n) is 20.7. The Bertz CT molecular complexity index is 2790. The number of aromatic nitrogens is 6. The van der Waals surface area contributed by atoms with Gasteiger partial charge in [0.25, 0.3) is 0 Å². The highest BCUT2D eigenvalue weighted by molar-refractivity contribution is 7.15. The quantitative estimate of drug-likeness (QED) is 0.140. The van der Waals surface area contributed by atoms with Gasteiger partial charge in [0.1, 0.15) is 33.7 Å². The number of halogens is 2. The van der Waals surface area contributed by atoms with Crippen molar-refractivity contribution < 1.29 is 9.59 Å². The van der Waals surface area contributed by atoms with Crippen molar-refractivity contribution in [2.45, 2.75) is 106 Å². The van der Waals surface area contributed by atoms with Crippen molar-refractivity contribution in [1.29, 1.82) is 0 Å². The number of fused-ring (bicyclic) bond motifs is 6. The second-order valence-corrected chi connectivity index (χ2v) is 20.9. The van der Waals surface area contributed by atoms with Crippen molar-refractivity contribution in [1.82, 2.24) is 40.2 Å². The van der Waals surface area contributed by atoms with Crippen LogP contribution >= 0.6 is 45.9 Å². The van der Waals surface area contributed by atoms with Gasteiger partial charge in [-0.15, -0.1) is 43.1 Å². The van der Waals surface area contributed by atoms with Crippen molar-refractivity contribution in [2.24, 2.45) is 15.4 Å². The lowest BCUT2D eigenvalue weighted by Crippen LogP contribution is -2.44. The van der Waals surface area contributed by atoms with E-state index in [0.29, 0.717) is 34.5 Å². The van der Waals surface area contributed by atoms with E-state index in [9.17, 15) is 9.59 Å². The molecule has 0 spiro atoms. The van der Waals surface area contributed by atoms with E-state index in [0.717, 1.165) is 66.5 Å². The van der Waals surface area contributed by atoms with Gasteiger partial charge in [-0.1, -0.05) is 68.2 Å². The summed E-state index contributed by atoms with van der Waals surface area (Å²) < 4.78 is 4.14. The largest absolute Gasteiger partial charge is 0.353 e. The number of hydrogen-bond acceptors (Lipinski definition) is 10. The second kappa shape index (κ2) is 16.6. The Balaban J connectivity index is 1.08. The van der Waals surface area contributed by atoms with E-state index in [1.807, 2.05) is 83.1 Å². The third-order valence-corrected chi connectivity index (χ3v) is 14.6. The predicted molar refractivity (Wildman–Crippen MR) is 249 cm³/mol. The maximum Gasteiger partial charge on any atom is 0.225 e. The summed E-state index contributed by atoms with van der Waals surface area (Å²) in [6.45, 7) is 20.3. The van der Waals surface area contributed by atoms with E-state index in [-0.39, 0.29) is 24.8 Å². The average molecular weight is 910 g/mol. The maximum absolute atomic E-state index is 14.2. The molecular formula is C46H50Cl2N10O2S2. The summed E-state index contributed by atoms with van der Waals surface area (Å²) in [6, 6.07) is 14.3. The van der Waals surface area contributed by atoms with Gasteiger partial charge in [0, 0.05) is 59.6 Å². The van der Waals surface area contributed by atoms with Crippen molar-refractivity contribution in [3.63, 3.8) is 0 Å². The molecule has 6 heterocycles. The number of nitrogens with zero attached hydrogens (tertiary/aromatic N) is 8. The zero-order chi connectivity index (χ0) is 44.4. The first-order valence-corrected chi connectivity index (χ1v) is 23.0. The molecule has 2 aromatic carbocycles. The minimum absolute atomic E-state index is 0.0688. The Kier molecular flexibility index (Phi) is 11.7. The molecule has 0 saturated heterocycles. The summed E-state index contributed by atoms with van der Waals surface area (Å²) in [5.74, 6) is 2.57. The summed E-state index contributed by atoms with van der Waals surface area (Å²) in [4.78, 5) is 40.2. The van der Waals surface area contributed by atoms with E-state index >= 15 is 0 Å². The zero-order valence-corrected chi connectivity index (χ0v) is 39.7. The molecule has 0 saturated carbocycles. The lowest BCUT2D eigenvalue weighted by atomic mass is 9.94. The maximum atomic E-state index is 14.2. The van der Waals surface area contributed by atoms with Crippen LogP contribution in [0.25, 0.3) is 10.0 Å². The minimum Gasteiger partial charge on any atom is -0.353 e. The van der Waals surface area contributed by atoms with Gasteiger partial charge in [0.2, 0.25) is 11.8 Å². The number of aliphatic imine (C=N–C) groups is 2. The van der Waals surface area contributed by atoms with E-state index < -0.39 is 23.0 Å².